The number of halogens is 3. The third-order valence-electron chi connectivity index (χ3n) is 3.27. The Kier molecular flexibility index (Phi) is 5.07. The lowest BCUT2D eigenvalue weighted by atomic mass is 10.1. The van der Waals surface area contributed by atoms with Crippen molar-refractivity contribution < 1.29 is 27.5 Å². The largest absolute Gasteiger partial charge is 0.476 e. The molecule has 1 atom stereocenters. The van der Waals surface area contributed by atoms with E-state index in [1.165, 1.54) is 6.20 Å². The number of carbonyl (C=O) groups is 2. The highest BCUT2D eigenvalue weighted by atomic mass is 19.4. The predicted octanol–water partition coefficient (Wildman–Crippen LogP) is 1.83. The van der Waals surface area contributed by atoms with Crippen molar-refractivity contribution >= 4 is 17.5 Å². The van der Waals surface area contributed by atoms with E-state index in [0.717, 1.165) is 0 Å². The van der Waals surface area contributed by atoms with Crippen LogP contribution in [0.2, 0.25) is 0 Å². The van der Waals surface area contributed by atoms with Crippen LogP contribution in [0, 0.1) is 5.92 Å². The summed E-state index contributed by atoms with van der Waals surface area (Å²) in [6.45, 7) is 0.507. The zero-order valence-corrected chi connectivity index (χ0v) is 12.4. The average molecular weight is 331 g/mol. The Morgan fingerprint density at radius 3 is 2.91 bits per heavy atom. The summed E-state index contributed by atoms with van der Waals surface area (Å²) in [5.41, 5.74) is 0.320. The number of likely N-dealkylation sites (tertiary alicyclic amines) is 1. The maximum atomic E-state index is 12.4. The molecule has 0 radical (unpaired) electrons. The fraction of sp³-hybridized carbons (Fsp3) is 0.500. The van der Waals surface area contributed by atoms with Crippen molar-refractivity contribution in [2.75, 3.05) is 25.0 Å². The third kappa shape index (κ3) is 4.57. The topological polar surface area (TPSA) is 71.5 Å². The SMILES string of the molecule is CCOc1ncccc1NC(=O)[C@H]1CC(=O)N(CC(F)(F)F)C1. The van der Waals surface area contributed by atoms with Gasteiger partial charge in [-0.2, -0.15) is 13.2 Å². The summed E-state index contributed by atoms with van der Waals surface area (Å²) in [4.78, 5) is 28.4. The summed E-state index contributed by atoms with van der Waals surface area (Å²) in [5, 5.41) is 2.55. The van der Waals surface area contributed by atoms with Crippen molar-refractivity contribution in [2.45, 2.75) is 19.5 Å². The molecule has 1 aromatic heterocycles. The second kappa shape index (κ2) is 6.84. The monoisotopic (exact) mass is 331 g/mol. The van der Waals surface area contributed by atoms with Crippen molar-refractivity contribution in [1.82, 2.24) is 9.88 Å². The molecule has 1 fully saturated rings. The molecular formula is C14H16F3N3O3. The Bertz CT molecular complexity index is 592. The summed E-state index contributed by atoms with van der Waals surface area (Å²) in [6.07, 6.45) is -3.23. The number of rotatable bonds is 5. The van der Waals surface area contributed by atoms with Crippen LogP contribution in [0.15, 0.2) is 18.3 Å². The molecule has 0 aliphatic carbocycles. The van der Waals surface area contributed by atoms with Gasteiger partial charge in [0.1, 0.15) is 12.2 Å². The number of amides is 2. The van der Waals surface area contributed by atoms with Crippen LogP contribution in [0.1, 0.15) is 13.3 Å². The van der Waals surface area contributed by atoms with Gasteiger partial charge in [-0.25, -0.2) is 4.98 Å². The van der Waals surface area contributed by atoms with Crippen LogP contribution in [0.25, 0.3) is 0 Å². The quantitative estimate of drug-likeness (QED) is 0.893. The standard InChI is InChI=1S/C14H16F3N3O3/c1-2-23-13-10(4-3-5-18-13)19-12(22)9-6-11(21)20(7-9)8-14(15,16)17/h3-5,9H,2,6-8H2,1H3,(H,19,22)/t9-/m0/s1. The first-order valence-corrected chi connectivity index (χ1v) is 7.03. The molecule has 1 aliphatic rings. The van der Waals surface area contributed by atoms with E-state index < -0.39 is 30.5 Å². The predicted molar refractivity (Wildman–Crippen MR) is 74.8 cm³/mol. The number of pyridine rings is 1. The van der Waals surface area contributed by atoms with E-state index in [1.54, 1.807) is 19.1 Å². The lowest BCUT2D eigenvalue weighted by Crippen LogP contribution is -2.36. The van der Waals surface area contributed by atoms with Gasteiger partial charge in [0.25, 0.3) is 0 Å². The highest BCUT2D eigenvalue weighted by Crippen LogP contribution is 2.26. The summed E-state index contributed by atoms with van der Waals surface area (Å²) in [7, 11) is 0. The Labute approximate surface area is 130 Å². The Balaban J connectivity index is 2.01. The van der Waals surface area contributed by atoms with Gasteiger partial charge in [0.2, 0.25) is 17.7 Å². The van der Waals surface area contributed by atoms with E-state index >= 15 is 0 Å². The molecule has 0 unspecified atom stereocenters. The van der Waals surface area contributed by atoms with Gasteiger partial charge in [-0.05, 0) is 19.1 Å². The van der Waals surface area contributed by atoms with Crippen LogP contribution in [-0.2, 0) is 9.59 Å². The number of aromatic nitrogens is 1. The first-order valence-electron chi connectivity index (χ1n) is 7.03. The molecule has 1 saturated heterocycles. The van der Waals surface area contributed by atoms with E-state index in [1.807, 2.05) is 0 Å². The molecule has 2 amide bonds. The fourth-order valence-corrected chi connectivity index (χ4v) is 2.29. The van der Waals surface area contributed by atoms with E-state index in [2.05, 4.69) is 10.3 Å². The Hall–Kier alpha value is -2.32. The molecule has 2 rings (SSSR count). The number of alkyl halides is 3. The molecule has 1 N–H and O–H groups in total. The lowest BCUT2D eigenvalue weighted by Gasteiger charge is -2.18. The van der Waals surface area contributed by atoms with Crippen molar-refractivity contribution in [3.05, 3.63) is 18.3 Å². The van der Waals surface area contributed by atoms with Crippen LogP contribution < -0.4 is 10.1 Å². The molecule has 126 valence electrons. The van der Waals surface area contributed by atoms with Gasteiger partial charge in [-0.15, -0.1) is 0 Å². The Morgan fingerprint density at radius 2 is 2.26 bits per heavy atom. The zero-order valence-electron chi connectivity index (χ0n) is 12.4. The molecule has 6 nitrogen and oxygen atoms in total. The molecule has 1 aromatic rings. The van der Waals surface area contributed by atoms with Crippen molar-refractivity contribution in [1.29, 1.82) is 0 Å². The van der Waals surface area contributed by atoms with E-state index in [9.17, 15) is 22.8 Å². The van der Waals surface area contributed by atoms with Gasteiger partial charge < -0.3 is 15.0 Å². The number of nitrogens with zero attached hydrogens (tertiary/aromatic N) is 2. The Morgan fingerprint density at radius 1 is 1.52 bits per heavy atom. The molecule has 23 heavy (non-hydrogen) atoms. The van der Waals surface area contributed by atoms with Crippen LogP contribution >= 0.6 is 0 Å². The summed E-state index contributed by atoms with van der Waals surface area (Å²) in [5.74, 6) is -1.82. The number of nitrogens with one attached hydrogen (secondary N) is 1. The number of ether oxygens (including phenoxy) is 1. The normalized spacial score (nSPS) is 18.2. The smallest absolute Gasteiger partial charge is 0.406 e. The van der Waals surface area contributed by atoms with Crippen LogP contribution in [0.5, 0.6) is 5.88 Å². The van der Waals surface area contributed by atoms with Gasteiger partial charge >= 0.3 is 6.18 Å². The van der Waals surface area contributed by atoms with Crippen LogP contribution in [0.4, 0.5) is 18.9 Å². The summed E-state index contributed by atoms with van der Waals surface area (Å²) in [6, 6.07) is 3.16. The minimum atomic E-state index is -4.48. The highest BCUT2D eigenvalue weighted by Gasteiger charge is 2.40. The minimum absolute atomic E-state index is 0.222. The summed E-state index contributed by atoms with van der Waals surface area (Å²) >= 11 is 0. The maximum absolute atomic E-state index is 12.4. The molecular weight excluding hydrogens is 315 g/mol. The molecule has 2 heterocycles. The van der Waals surface area contributed by atoms with Gasteiger partial charge in [-0.3, -0.25) is 9.59 Å². The average Bonchev–Trinajstić information content (AvgIpc) is 2.81. The summed E-state index contributed by atoms with van der Waals surface area (Å²) < 4.78 is 42.4. The van der Waals surface area contributed by atoms with Gasteiger partial charge in [-0.1, -0.05) is 0 Å². The number of carbonyl (C=O) groups excluding carboxylic acids is 2. The zero-order chi connectivity index (χ0) is 17.0. The molecule has 0 aromatic carbocycles. The second-order valence-electron chi connectivity index (χ2n) is 5.07. The van der Waals surface area contributed by atoms with Crippen molar-refractivity contribution in [3.8, 4) is 5.88 Å². The number of hydrogen-bond donors (Lipinski definition) is 1. The third-order valence-corrected chi connectivity index (χ3v) is 3.27. The van der Waals surface area contributed by atoms with E-state index in [0.29, 0.717) is 17.2 Å². The van der Waals surface area contributed by atoms with E-state index in [4.69, 9.17) is 4.74 Å². The number of anilines is 1. The molecule has 1 aliphatic heterocycles. The van der Waals surface area contributed by atoms with Crippen LogP contribution in [-0.4, -0.2) is 47.6 Å². The minimum Gasteiger partial charge on any atom is -0.476 e. The first-order chi connectivity index (χ1) is 10.8. The van der Waals surface area contributed by atoms with Gasteiger partial charge in [0.15, 0.2) is 0 Å². The molecule has 9 heteroatoms. The van der Waals surface area contributed by atoms with Gasteiger partial charge in [0, 0.05) is 19.2 Å². The first kappa shape index (κ1) is 17.0. The van der Waals surface area contributed by atoms with Crippen molar-refractivity contribution in [3.63, 3.8) is 0 Å². The fourth-order valence-electron chi connectivity index (χ4n) is 2.29. The molecule has 0 spiro atoms. The molecule has 0 saturated carbocycles. The molecule has 0 bridgehead atoms. The van der Waals surface area contributed by atoms with Gasteiger partial charge in [0.05, 0.1) is 12.5 Å². The van der Waals surface area contributed by atoms with Crippen molar-refractivity contribution in [2.24, 2.45) is 5.92 Å². The maximum Gasteiger partial charge on any atom is 0.406 e. The highest BCUT2D eigenvalue weighted by molar-refractivity contribution is 5.97. The lowest BCUT2D eigenvalue weighted by molar-refractivity contribution is -0.157. The number of hydrogen-bond acceptors (Lipinski definition) is 4. The van der Waals surface area contributed by atoms with E-state index in [-0.39, 0.29) is 18.8 Å². The second-order valence-corrected chi connectivity index (χ2v) is 5.07. The van der Waals surface area contributed by atoms with Crippen LogP contribution in [0.3, 0.4) is 0 Å².